The predicted octanol–water partition coefficient (Wildman–Crippen LogP) is 4.85. The van der Waals surface area contributed by atoms with Crippen molar-refractivity contribution >= 4 is 28.2 Å². The van der Waals surface area contributed by atoms with Gasteiger partial charge in [-0.2, -0.15) is 0 Å². The number of amides is 1. The first-order valence-electron chi connectivity index (χ1n) is 11.2. The first-order valence-corrected chi connectivity index (χ1v) is 11.2. The van der Waals surface area contributed by atoms with Gasteiger partial charge in [0.1, 0.15) is 5.75 Å². The summed E-state index contributed by atoms with van der Waals surface area (Å²) < 4.78 is 5.42. The molecule has 166 valence electrons. The normalized spacial score (nSPS) is 14.2. The van der Waals surface area contributed by atoms with Gasteiger partial charge in [-0.15, -0.1) is 0 Å². The van der Waals surface area contributed by atoms with Gasteiger partial charge in [0.25, 0.3) is 5.91 Å². The van der Waals surface area contributed by atoms with E-state index in [1.54, 1.807) is 31.5 Å². The van der Waals surface area contributed by atoms with E-state index in [-0.39, 0.29) is 18.2 Å². The van der Waals surface area contributed by atoms with Gasteiger partial charge in [-0.25, -0.2) is 4.98 Å². The van der Waals surface area contributed by atoms with Gasteiger partial charge in [-0.05, 0) is 48.4 Å². The number of hydrogen-bond donors (Lipinski definition) is 2. The largest absolute Gasteiger partial charge is 0.496 e. The zero-order valence-electron chi connectivity index (χ0n) is 18.4. The Morgan fingerprint density at radius 3 is 2.56 bits per heavy atom. The number of methoxy groups -OCH3 is 1. The number of ether oxygens (including phenoxy) is 1. The Morgan fingerprint density at radius 2 is 1.78 bits per heavy atom. The molecule has 1 aliphatic rings. The summed E-state index contributed by atoms with van der Waals surface area (Å²) in [5.41, 5.74) is 1.48. The molecule has 4 rings (SSSR count). The number of benzene rings is 2. The fourth-order valence-corrected chi connectivity index (χ4v) is 4.40. The Labute approximate surface area is 188 Å². The summed E-state index contributed by atoms with van der Waals surface area (Å²) in [6.07, 6.45) is 7.68. The van der Waals surface area contributed by atoms with E-state index in [2.05, 4.69) is 15.6 Å². The summed E-state index contributed by atoms with van der Waals surface area (Å²) in [5, 5.41) is 7.88. The highest BCUT2D eigenvalue weighted by Crippen LogP contribution is 2.29. The summed E-state index contributed by atoms with van der Waals surface area (Å²) in [7, 11) is 1.62. The predicted molar refractivity (Wildman–Crippen MR) is 126 cm³/mol. The van der Waals surface area contributed by atoms with Crippen molar-refractivity contribution in [2.45, 2.75) is 32.1 Å². The number of carbonyl (C=O) groups excluding carboxylic acids is 2. The second kappa shape index (κ2) is 10.3. The summed E-state index contributed by atoms with van der Waals surface area (Å²) in [5.74, 6) is 0.995. The van der Waals surface area contributed by atoms with E-state index in [0.29, 0.717) is 29.4 Å². The topological polar surface area (TPSA) is 80.3 Å². The Kier molecular flexibility index (Phi) is 7.00. The second-order valence-corrected chi connectivity index (χ2v) is 8.25. The van der Waals surface area contributed by atoms with Gasteiger partial charge in [-0.1, -0.05) is 43.5 Å². The van der Waals surface area contributed by atoms with Crippen LogP contribution in [0.3, 0.4) is 0 Å². The maximum absolute atomic E-state index is 13.0. The van der Waals surface area contributed by atoms with Gasteiger partial charge in [0.2, 0.25) is 0 Å². The molecule has 2 N–H and O–H groups in total. The standard InChI is InChI=1S/C26H29N3O3/c1-32-24-14-13-20(19-10-5-6-11-21(19)24)23(30)17-28-22-12-7-15-27-25(22)26(31)29-16-18-8-3-2-4-9-18/h5-7,10-15,18,28H,2-4,8-9,16-17H2,1H3,(H,29,31). The van der Waals surface area contributed by atoms with Crippen molar-refractivity contribution in [1.82, 2.24) is 10.3 Å². The van der Waals surface area contributed by atoms with Gasteiger partial charge < -0.3 is 15.4 Å². The van der Waals surface area contributed by atoms with Gasteiger partial charge >= 0.3 is 0 Å². The third-order valence-electron chi connectivity index (χ3n) is 6.14. The lowest BCUT2D eigenvalue weighted by Gasteiger charge is -2.21. The number of pyridine rings is 1. The number of hydrogen-bond acceptors (Lipinski definition) is 5. The van der Waals surface area contributed by atoms with Crippen LogP contribution in [0.2, 0.25) is 0 Å². The summed E-state index contributed by atoms with van der Waals surface area (Å²) in [6.45, 7) is 0.733. The molecule has 0 atom stereocenters. The van der Waals surface area contributed by atoms with Gasteiger partial charge in [0.05, 0.1) is 19.3 Å². The number of aromatic nitrogens is 1. The Balaban J connectivity index is 1.45. The van der Waals surface area contributed by atoms with E-state index in [1.165, 1.54) is 19.3 Å². The van der Waals surface area contributed by atoms with Crippen LogP contribution in [0.25, 0.3) is 10.8 Å². The summed E-state index contributed by atoms with van der Waals surface area (Å²) >= 11 is 0. The Morgan fingerprint density at radius 1 is 1.00 bits per heavy atom. The average molecular weight is 432 g/mol. The van der Waals surface area contributed by atoms with E-state index in [4.69, 9.17) is 4.74 Å². The molecule has 1 aromatic heterocycles. The van der Waals surface area contributed by atoms with Crippen LogP contribution >= 0.6 is 0 Å². The highest BCUT2D eigenvalue weighted by atomic mass is 16.5. The molecule has 1 aliphatic carbocycles. The highest BCUT2D eigenvalue weighted by Gasteiger charge is 2.18. The van der Waals surface area contributed by atoms with Crippen LogP contribution in [-0.2, 0) is 0 Å². The van der Waals surface area contributed by atoms with Crippen LogP contribution in [0.15, 0.2) is 54.7 Å². The van der Waals surface area contributed by atoms with Gasteiger partial charge in [0, 0.05) is 23.7 Å². The molecule has 0 unspecified atom stereocenters. The molecule has 0 aliphatic heterocycles. The number of nitrogens with one attached hydrogen (secondary N) is 2. The first kappa shape index (κ1) is 21.8. The van der Waals surface area contributed by atoms with E-state index < -0.39 is 0 Å². The van der Waals surface area contributed by atoms with Gasteiger partial charge in [0.15, 0.2) is 11.5 Å². The Hall–Kier alpha value is -3.41. The molecule has 6 nitrogen and oxygen atoms in total. The molecule has 1 fully saturated rings. The fraction of sp³-hybridized carbons (Fsp3) is 0.346. The SMILES string of the molecule is COc1ccc(C(=O)CNc2cccnc2C(=O)NCC2CCCCC2)c2ccccc12. The molecule has 1 amide bonds. The monoisotopic (exact) mass is 431 g/mol. The molecule has 2 aromatic carbocycles. The van der Waals surface area contributed by atoms with Crippen LogP contribution < -0.4 is 15.4 Å². The minimum absolute atomic E-state index is 0.0604. The van der Waals surface area contributed by atoms with E-state index in [0.717, 1.165) is 29.4 Å². The summed E-state index contributed by atoms with van der Waals surface area (Å²) in [4.78, 5) is 30.0. The zero-order valence-corrected chi connectivity index (χ0v) is 18.4. The maximum Gasteiger partial charge on any atom is 0.272 e. The number of nitrogens with zero attached hydrogens (tertiary/aromatic N) is 1. The molecule has 0 radical (unpaired) electrons. The van der Waals surface area contributed by atoms with Crippen LogP contribution in [0.5, 0.6) is 5.75 Å². The van der Waals surface area contributed by atoms with Crippen molar-refractivity contribution in [2.75, 3.05) is 25.5 Å². The van der Waals surface area contributed by atoms with Crippen LogP contribution in [0.4, 0.5) is 5.69 Å². The lowest BCUT2D eigenvalue weighted by molar-refractivity contribution is 0.0937. The molecule has 0 saturated heterocycles. The van der Waals surface area contributed by atoms with Crippen LogP contribution in [-0.4, -0.2) is 36.9 Å². The molecule has 32 heavy (non-hydrogen) atoms. The van der Waals surface area contributed by atoms with Crippen molar-refractivity contribution in [2.24, 2.45) is 5.92 Å². The number of rotatable bonds is 8. The number of ketones is 1. The maximum atomic E-state index is 13.0. The molecule has 0 spiro atoms. The third-order valence-corrected chi connectivity index (χ3v) is 6.14. The van der Waals surface area contributed by atoms with Crippen molar-refractivity contribution in [3.05, 3.63) is 66.0 Å². The molecule has 3 aromatic rings. The smallest absolute Gasteiger partial charge is 0.272 e. The lowest BCUT2D eigenvalue weighted by atomic mass is 9.89. The molecule has 0 bridgehead atoms. The average Bonchev–Trinajstić information content (AvgIpc) is 2.86. The van der Waals surface area contributed by atoms with E-state index >= 15 is 0 Å². The van der Waals surface area contributed by atoms with Crippen LogP contribution in [0, 0.1) is 5.92 Å². The minimum atomic E-state index is -0.207. The quantitative estimate of drug-likeness (QED) is 0.499. The number of Topliss-reactive ketones (excluding diaryl/α,β-unsaturated/α-hetero) is 1. The molecule has 6 heteroatoms. The van der Waals surface area contributed by atoms with Crippen molar-refractivity contribution in [3.8, 4) is 5.75 Å². The number of fused-ring (bicyclic) bond motifs is 1. The van der Waals surface area contributed by atoms with Gasteiger partial charge in [-0.3, -0.25) is 9.59 Å². The summed E-state index contributed by atoms with van der Waals surface area (Å²) in [6, 6.07) is 14.8. The number of carbonyl (C=O) groups is 2. The second-order valence-electron chi connectivity index (χ2n) is 8.25. The highest BCUT2D eigenvalue weighted by molar-refractivity contribution is 6.11. The van der Waals surface area contributed by atoms with Crippen molar-refractivity contribution in [1.29, 1.82) is 0 Å². The van der Waals surface area contributed by atoms with E-state index in [1.807, 2.05) is 30.3 Å². The molecular weight excluding hydrogens is 402 g/mol. The van der Waals surface area contributed by atoms with E-state index in [9.17, 15) is 9.59 Å². The zero-order chi connectivity index (χ0) is 22.3. The molecule has 1 saturated carbocycles. The van der Waals surface area contributed by atoms with Crippen molar-refractivity contribution in [3.63, 3.8) is 0 Å². The fourth-order valence-electron chi connectivity index (χ4n) is 4.40. The Bertz CT molecular complexity index is 1110. The molecule has 1 heterocycles. The van der Waals surface area contributed by atoms with Crippen molar-refractivity contribution < 1.29 is 14.3 Å². The minimum Gasteiger partial charge on any atom is -0.496 e. The first-order chi connectivity index (χ1) is 15.7. The lowest BCUT2D eigenvalue weighted by Crippen LogP contribution is -2.31. The van der Waals surface area contributed by atoms with Crippen LogP contribution in [0.1, 0.15) is 53.0 Å². The third kappa shape index (κ3) is 4.90. The number of anilines is 1. The molecular formula is C26H29N3O3.